The molecule has 3 heterocycles. The van der Waals surface area contributed by atoms with Crippen LogP contribution in [-0.4, -0.2) is 60.2 Å². The fourth-order valence-corrected chi connectivity index (χ4v) is 4.01. The summed E-state index contributed by atoms with van der Waals surface area (Å²) in [5.41, 5.74) is 2.61. The Hall–Kier alpha value is -2.54. The first kappa shape index (κ1) is 19.8. The van der Waals surface area contributed by atoms with E-state index in [1.54, 1.807) is 0 Å². The van der Waals surface area contributed by atoms with Crippen molar-refractivity contribution in [3.05, 3.63) is 40.5 Å². The van der Waals surface area contributed by atoms with Crippen molar-refractivity contribution in [2.24, 2.45) is 0 Å². The molecule has 2 aliphatic rings. The van der Waals surface area contributed by atoms with E-state index in [-0.39, 0.29) is 6.03 Å². The van der Waals surface area contributed by atoms with E-state index in [0.717, 1.165) is 41.8 Å². The Morgan fingerprint density at radius 2 is 1.72 bits per heavy atom. The molecule has 1 N–H and O–H groups in total. The molecule has 2 aromatic rings. The molecule has 0 atom stereocenters. The van der Waals surface area contributed by atoms with E-state index in [4.69, 9.17) is 16.6 Å². The van der Waals surface area contributed by atoms with Crippen LogP contribution in [0.15, 0.2) is 24.3 Å². The maximum Gasteiger partial charge on any atom is 0.321 e. The van der Waals surface area contributed by atoms with Gasteiger partial charge in [0.15, 0.2) is 0 Å². The molecular formula is C21H27ClN6O. The van der Waals surface area contributed by atoms with Gasteiger partial charge in [0.05, 0.1) is 0 Å². The summed E-state index contributed by atoms with van der Waals surface area (Å²) in [7, 11) is 0. The minimum atomic E-state index is -0.0991. The number of hydrogen-bond donors (Lipinski definition) is 1. The average molecular weight is 415 g/mol. The second-order valence-electron chi connectivity index (χ2n) is 7.68. The van der Waals surface area contributed by atoms with Gasteiger partial charge in [-0.3, -0.25) is 0 Å². The van der Waals surface area contributed by atoms with Gasteiger partial charge in [-0.15, -0.1) is 0 Å². The fraction of sp³-hybridized carbons (Fsp3) is 0.476. The lowest BCUT2D eigenvalue weighted by molar-refractivity contribution is 0.208. The van der Waals surface area contributed by atoms with Gasteiger partial charge in [0.25, 0.3) is 0 Å². The standard InChI is InChI=1S/C21H27ClN6O/c1-15-14-19(26-8-3-4-9-26)25-20(23-15)27-10-12-28(13-11-27)21(29)24-18-7-5-6-17(22)16(18)2/h5-7,14H,3-4,8-13H2,1-2H3,(H,24,29). The van der Waals surface area contributed by atoms with Crippen molar-refractivity contribution in [2.75, 3.05) is 54.4 Å². The number of nitrogens with one attached hydrogen (secondary N) is 1. The molecule has 154 valence electrons. The third-order valence-electron chi connectivity index (χ3n) is 5.62. The van der Waals surface area contributed by atoms with Gasteiger partial charge < -0.3 is 20.0 Å². The SMILES string of the molecule is Cc1cc(N2CCCC2)nc(N2CCN(C(=O)Nc3cccc(Cl)c3C)CC2)n1. The van der Waals surface area contributed by atoms with Crippen molar-refractivity contribution >= 4 is 35.1 Å². The number of piperazine rings is 1. The van der Waals surface area contributed by atoms with Crippen molar-refractivity contribution in [3.8, 4) is 0 Å². The van der Waals surface area contributed by atoms with Crippen LogP contribution in [0.5, 0.6) is 0 Å². The normalized spacial score (nSPS) is 17.0. The van der Waals surface area contributed by atoms with E-state index >= 15 is 0 Å². The first-order valence-corrected chi connectivity index (χ1v) is 10.6. The number of urea groups is 1. The van der Waals surface area contributed by atoms with Gasteiger partial charge in [-0.1, -0.05) is 17.7 Å². The minimum Gasteiger partial charge on any atom is -0.356 e. The summed E-state index contributed by atoms with van der Waals surface area (Å²) in [5.74, 6) is 1.78. The van der Waals surface area contributed by atoms with Crippen LogP contribution in [0.1, 0.15) is 24.1 Å². The van der Waals surface area contributed by atoms with Crippen LogP contribution in [0.2, 0.25) is 5.02 Å². The molecule has 1 aromatic carbocycles. The highest BCUT2D eigenvalue weighted by Crippen LogP contribution is 2.24. The lowest BCUT2D eigenvalue weighted by atomic mass is 10.2. The van der Waals surface area contributed by atoms with Gasteiger partial charge in [0, 0.05) is 61.7 Å². The molecular weight excluding hydrogens is 388 g/mol. The van der Waals surface area contributed by atoms with Gasteiger partial charge in [0.2, 0.25) is 5.95 Å². The third-order valence-corrected chi connectivity index (χ3v) is 6.03. The van der Waals surface area contributed by atoms with Crippen molar-refractivity contribution in [3.63, 3.8) is 0 Å². The van der Waals surface area contributed by atoms with E-state index in [1.165, 1.54) is 12.8 Å². The topological polar surface area (TPSA) is 64.6 Å². The Labute approximate surface area is 176 Å². The van der Waals surface area contributed by atoms with Crippen molar-refractivity contribution in [2.45, 2.75) is 26.7 Å². The smallest absolute Gasteiger partial charge is 0.321 e. The predicted molar refractivity (Wildman–Crippen MR) is 117 cm³/mol. The average Bonchev–Trinajstić information content (AvgIpc) is 3.26. The Morgan fingerprint density at radius 3 is 2.45 bits per heavy atom. The monoisotopic (exact) mass is 414 g/mol. The fourth-order valence-electron chi connectivity index (χ4n) is 3.83. The maximum atomic E-state index is 12.7. The van der Waals surface area contributed by atoms with Crippen LogP contribution in [0.3, 0.4) is 0 Å². The summed E-state index contributed by atoms with van der Waals surface area (Å²) >= 11 is 6.15. The molecule has 2 amide bonds. The Kier molecular flexibility index (Phi) is 5.76. The van der Waals surface area contributed by atoms with Gasteiger partial charge >= 0.3 is 6.03 Å². The number of rotatable bonds is 3. The summed E-state index contributed by atoms with van der Waals surface area (Å²) in [4.78, 5) is 28.4. The number of amides is 2. The highest BCUT2D eigenvalue weighted by Gasteiger charge is 2.24. The number of halogens is 1. The Bertz CT molecular complexity index is 891. The molecule has 7 nitrogen and oxygen atoms in total. The van der Waals surface area contributed by atoms with Gasteiger partial charge in [0.1, 0.15) is 5.82 Å². The largest absolute Gasteiger partial charge is 0.356 e. The molecule has 0 radical (unpaired) electrons. The van der Waals surface area contributed by atoms with Crippen LogP contribution in [0, 0.1) is 13.8 Å². The number of benzene rings is 1. The van der Waals surface area contributed by atoms with E-state index in [0.29, 0.717) is 31.2 Å². The first-order chi connectivity index (χ1) is 14.0. The van der Waals surface area contributed by atoms with Crippen LogP contribution < -0.4 is 15.1 Å². The molecule has 0 saturated carbocycles. The molecule has 2 saturated heterocycles. The summed E-state index contributed by atoms with van der Waals surface area (Å²) in [5, 5.41) is 3.63. The third kappa shape index (κ3) is 4.40. The number of aromatic nitrogens is 2. The zero-order valence-electron chi connectivity index (χ0n) is 17.0. The summed E-state index contributed by atoms with van der Waals surface area (Å²) < 4.78 is 0. The molecule has 4 rings (SSSR count). The summed E-state index contributed by atoms with van der Waals surface area (Å²) in [6.45, 7) is 8.73. The van der Waals surface area contributed by atoms with E-state index < -0.39 is 0 Å². The number of carbonyl (C=O) groups excluding carboxylic acids is 1. The van der Waals surface area contributed by atoms with Crippen molar-refractivity contribution in [1.82, 2.24) is 14.9 Å². The molecule has 2 fully saturated rings. The zero-order chi connectivity index (χ0) is 20.4. The molecule has 2 aliphatic heterocycles. The number of anilines is 3. The highest BCUT2D eigenvalue weighted by atomic mass is 35.5. The first-order valence-electron chi connectivity index (χ1n) is 10.2. The van der Waals surface area contributed by atoms with Crippen LogP contribution in [0.25, 0.3) is 0 Å². The highest BCUT2D eigenvalue weighted by molar-refractivity contribution is 6.31. The summed E-state index contributed by atoms with van der Waals surface area (Å²) in [6.07, 6.45) is 2.44. The number of carbonyl (C=O) groups is 1. The lowest BCUT2D eigenvalue weighted by Crippen LogP contribution is -2.50. The van der Waals surface area contributed by atoms with Crippen LogP contribution in [-0.2, 0) is 0 Å². The quantitative estimate of drug-likeness (QED) is 0.829. The van der Waals surface area contributed by atoms with Gasteiger partial charge in [-0.2, -0.15) is 4.98 Å². The Balaban J connectivity index is 1.39. The van der Waals surface area contributed by atoms with Crippen LogP contribution in [0.4, 0.5) is 22.2 Å². The van der Waals surface area contributed by atoms with Gasteiger partial charge in [-0.05, 0) is 44.4 Å². The molecule has 29 heavy (non-hydrogen) atoms. The Morgan fingerprint density at radius 1 is 1.00 bits per heavy atom. The molecule has 0 aliphatic carbocycles. The zero-order valence-corrected chi connectivity index (χ0v) is 17.7. The number of aryl methyl sites for hydroxylation is 1. The van der Waals surface area contributed by atoms with Gasteiger partial charge in [-0.25, -0.2) is 9.78 Å². The van der Waals surface area contributed by atoms with Crippen LogP contribution >= 0.6 is 11.6 Å². The molecule has 1 aromatic heterocycles. The summed E-state index contributed by atoms with van der Waals surface area (Å²) in [6, 6.07) is 7.50. The molecule has 0 spiro atoms. The maximum absolute atomic E-state index is 12.7. The number of hydrogen-bond acceptors (Lipinski definition) is 5. The molecule has 8 heteroatoms. The van der Waals surface area contributed by atoms with Crippen molar-refractivity contribution < 1.29 is 4.79 Å². The minimum absolute atomic E-state index is 0.0991. The van der Waals surface area contributed by atoms with E-state index in [1.807, 2.05) is 36.9 Å². The molecule has 0 bridgehead atoms. The van der Waals surface area contributed by atoms with Crippen molar-refractivity contribution in [1.29, 1.82) is 0 Å². The number of nitrogens with zero attached hydrogens (tertiary/aromatic N) is 5. The van der Waals surface area contributed by atoms with E-state index in [9.17, 15) is 4.79 Å². The predicted octanol–water partition coefficient (Wildman–Crippen LogP) is 3.70. The lowest BCUT2D eigenvalue weighted by Gasteiger charge is -2.35. The molecule has 0 unspecified atom stereocenters. The second-order valence-corrected chi connectivity index (χ2v) is 8.09. The van der Waals surface area contributed by atoms with E-state index in [2.05, 4.69) is 26.2 Å². The second kappa shape index (κ2) is 8.45.